The average molecular weight is 365 g/mol. The van der Waals surface area contributed by atoms with E-state index in [0.717, 1.165) is 0 Å². The van der Waals surface area contributed by atoms with Crippen LogP contribution in [0.4, 0.5) is 5.82 Å². The molecule has 1 aromatic heterocycles. The molecule has 0 saturated heterocycles. The van der Waals surface area contributed by atoms with Crippen LogP contribution in [0.3, 0.4) is 0 Å². The molecular weight excluding hydrogens is 344 g/mol. The van der Waals surface area contributed by atoms with Crippen LogP contribution < -0.4 is 10.5 Å². The van der Waals surface area contributed by atoms with Crippen molar-refractivity contribution < 1.29 is 8.42 Å². The molecule has 0 aliphatic heterocycles. The van der Waals surface area contributed by atoms with E-state index in [4.69, 9.17) is 5.73 Å². The minimum atomic E-state index is -3.70. The van der Waals surface area contributed by atoms with E-state index in [1.54, 1.807) is 0 Å². The number of hydrogen-bond donors (Lipinski definition) is 2. The van der Waals surface area contributed by atoms with E-state index in [1.165, 1.54) is 12.3 Å². The summed E-state index contributed by atoms with van der Waals surface area (Å²) in [5.41, 5.74) is 5.67. The second-order valence-electron chi connectivity index (χ2n) is 5.27. The summed E-state index contributed by atoms with van der Waals surface area (Å²) in [5, 5.41) is 0. The van der Waals surface area contributed by atoms with E-state index in [-0.39, 0.29) is 22.7 Å². The number of sulfonamides is 1. The Morgan fingerprint density at radius 2 is 2.05 bits per heavy atom. The molecule has 0 fully saturated rings. The van der Waals surface area contributed by atoms with Crippen molar-refractivity contribution in [1.82, 2.24) is 14.6 Å². The number of nitrogens with one attached hydrogen (secondary N) is 1. The van der Waals surface area contributed by atoms with Crippen molar-refractivity contribution in [2.75, 3.05) is 26.4 Å². The van der Waals surface area contributed by atoms with Gasteiger partial charge in [-0.3, -0.25) is 0 Å². The Hall–Kier alpha value is -0.700. The van der Waals surface area contributed by atoms with Gasteiger partial charge in [0.15, 0.2) is 0 Å². The fourth-order valence-electron chi connectivity index (χ4n) is 1.69. The molecule has 114 valence electrons. The van der Waals surface area contributed by atoms with Crippen LogP contribution in [0.2, 0.25) is 0 Å². The zero-order chi connectivity index (χ0) is 15.5. The Morgan fingerprint density at radius 1 is 1.45 bits per heavy atom. The number of nitrogens with zero attached hydrogens (tertiary/aromatic N) is 2. The van der Waals surface area contributed by atoms with Crippen molar-refractivity contribution in [1.29, 1.82) is 0 Å². The normalized spacial score (nSPS) is 13.9. The van der Waals surface area contributed by atoms with Crippen molar-refractivity contribution in [3.8, 4) is 0 Å². The smallest absolute Gasteiger partial charge is 0.244 e. The van der Waals surface area contributed by atoms with Gasteiger partial charge < -0.3 is 10.6 Å². The highest BCUT2D eigenvalue weighted by atomic mass is 79.9. The molecule has 0 saturated carbocycles. The molecule has 1 heterocycles. The lowest BCUT2D eigenvalue weighted by atomic mass is 10.1. The van der Waals surface area contributed by atoms with Crippen molar-refractivity contribution in [2.24, 2.45) is 5.92 Å². The third-order valence-electron chi connectivity index (χ3n) is 2.81. The minimum Gasteiger partial charge on any atom is -0.383 e. The van der Waals surface area contributed by atoms with Crippen LogP contribution in [0.25, 0.3) is 0 Å². The average Bonchev–Trinajstić information content (AvgIpc) is 2.30. The lowest BCUT2D eigenvalue weighted by Gasteiger charge is -2.25. The highest BCUT2D eigenvalue weighted by Gasteiger charge is 2.25. The lowest BCUT2D eigenvalue weighted by molar-refractivity contribution is 0.314. The summed E-state index contributed by atoms with van der Waals surface area (Å²) in [6.07, 6.45) is 1.47. The number of nitrogen functional groups attached to an aromatic ring is 1. The number of aromatic nitrogens is 1. The Kier molecular flexibility index (Phi) is 5.93. The molecule has 1 aromatic rings. The van der Waals surface area contributed by atoms with Crippen molar-refractivity contribution in [2.45, 2.75) is 24.8 Å². The topological polar surface area (TPSA) is 88.3 Å². The predicted octanol–water partition coefficient (Wildman–Crippen LogP) is 1.29. The number of likely N-dealkylation sites (N-methyl/N-ethyl adjacent to an activating group) is 1. The Bertz CT molecular complexity index is 561. The van der Waals surface area contributed by atoms with Gasteiger partial charge in [-0.15, -0.1) is 0 Å². The van der Waals surface area contributed by atoms with Crippen LogP contribution in [0, 0.1) is 5.92 Å². The van der Waals surface area contributed by atoms with Gasteiger partial charge in [0.2, 0.25) is 10.0 Å². The molecule has 6 nitrogen and oxygen atoms in total. The van der Waals surface area contributed by atoms with Gasteiger partial charge in [0, 0.05) is 23.3 Å². The van der Waals surface area contributed by atoms with Gasteiger partial charge in [-0.1, -0.05) is 13.8 Å². The first-order valence-electron chi connectivity index (χ1n) is 6.21. The summed E-state index contributed by atoms with van der Waals surface area (Å²) in [5.74, 6) is 0.154. The van der Waals surface area contributed by atoms with Gasteiger partial charge >= 0.3 is 0 Å². The molecule has 8 heteroatoms. The van der Waals surface area contributed by atoms with Crippen LogP contribution in [-0.2, 0) is 10.0 Å². The number of halogens is 1. The predicted molar refractivity (Wildman–Crippen MR) is 83.9 cm³/mol. The molecule has 20 heavy (non-hydrogen) atoms. The van der Waals surface area contributed by atoms with Crippen LogP contribution in [-0.4, -0.2) is 45.0 Å². The SMILES string of the molecule is CC(C)C(CN(C)C)NS(=O)(=O)c1cc(Br)cnc1N. The van der Waals surface area contributed by atoms with Gasteiger partial charge in [0.05, 0.1) is 0 Å². The number of rotatable bonds is 6. The quantitative estimate of drug-likeness (QED) is 0.793. The molecule has 0 amide bonds. The molecule has 0 radical (unpaired) electrons. The largest absolute Gasteiger partial charge is 0.383 e. The number of anilines is 1. The summed E-state index contributed by atoms with van der Waals surface area (Å²) in [7, 11) is 0.106. The molecule has 0 aromatic carbocycles. The summed E-state index contributed by atoms with van der Waals surface area (Å²) in [6, 6.07) is 1.26. The van der Waals surface area contributed by atoms with Crippen LogP contribution >= 0.6 is 15.9 Å². The third-order valence-corrected chi connectivity index (χ3v) is 4.76. The van der Waals surface area contributed by atoms with Gasteiger partial charge in [-0.05, 0) is 42.0 Å². The molecule has 0 bridgehead atoms. The zero-order valence-electron chi connectivity index (χ0n) is 12.1. The van der Waals surface area contributed by atoms with Crippen LogP contribution in [0.15, 0.2) is 21.6 Å². The van der Waals surface area contributed by atoms with Crippen molar-refractivity contribution in [3.05, 3.63) is 16.7 Å². The highest BCUT2D eigenvalue weighted by Crippen LogP contribution is 2.21. The van der Waals surface area contributed by atoms with Crippen molar-refractivity contribution >= 4 is 31.8 Å². The molecular formula is C12H21BrN4O2S. The van der Waals surface area contributed by atoms with Crippen LogP contribution in [0.5, 0.6) is 0 Å². The van der Waals surface area contributed by atoms with Crippen LogP contribution in [0.1, 0.15) is 13.8 Å². The van der Waals surface area contributed by atoms with Gasteiger partial charge in [0.1, 0.15) is 10.7 Å². The Labute approximate surface area is 128 Å². The van der Waals surface area contributed by atoms with E-state index in [0.29, 0.717) is 11.0 Å². The summed E-state index contributed by atoms with van der Waals surface area (Å²) in [4.78, 5) is 5.80. The molecule has 0 aliphatic rings. The highest BCUT2D eigenvalue weighted by molar-refractivity contribution is 9.10. The first kappa shape index (κ1) is 17.4. The van der Waals surface area contributed by atoms with E-state index in [2.05, 4.69) is 25.6 Å². The molecule has 1 unspecified atom stereocenters. The van der Waals surface area contributed by atoms with E-state index >= 15 is 0 Å². The van der Waals surface area contributed by atoms with Gasteiger partial charge in [0.25, 0.3) is 0 Å². The second-order valence-corrected chi connectivity index (χ2v) is 7.87. The van der Waals surface area contributed by atoms with E-state index < -0.39 is 10.0 Å². The second kappa shape index (κ2) is 6.84. The summed E-state index contributed by atoms with van der Waals surface area (Å²) >= 11 is 3.21. The molecule has 0 spiro atoms. The molecule has 1 atom stereocenters. The monoisotopic (exact) mass is 364 g/mol. The maximum atomic E-state index is 12.4. The minimum absolute atomic E-state index is 0.00344. The first-order valence-corrected chi connectivity index (χ1v) is 8.49. The number of nitrogens with two attached hydrogens (primary N) is 1. The van der Waals surface area contributed by atoms with Gasteiger partial charge in [-0.25, -0.2) is 18.1 Å². The molecule has 3 N–H and O–H groups in total. The maximum Gasteiger partial charge on any atom is 0.244 e. The van der Waals surface area contributed by atoms with E-state index in [9.17, 15) is 8.42 Å². The number of pyridine rings is 1. The van der Waals surface area contributed by atoms with Crippen molar-refractivity contribution in [3.63, 3.8) is 0 Å². The molecule has 1 rings (SSSR count). The van der Waals surface area contributed by atoms with Gasteiger partial charge in [-0.2, -0.15) is 0 Å². The fourth-order valence-corrected chi connectivity index (χ4v) is 3.65. The lowest BCUT2D eigenvalue weighted by Crippen LogP contribution is -2.45. The maximum absolute atomic E-state index is 12.4. The number of hydrogen-bond acceptors (Lipinski definition) is 5. The first-order chi connectivity index (χ1) is 9.13. The Morgan fingerprint density at radius 3 is 2.55 bits per heavy atom. The van der Waals surface area contributed by atoms with E-state index in [1.807, 2.05) is 32.8 Å². The Balaban J connectivity index is 3.06. The molecule has 0 aliphatic carbocycles. The summed E-state index contributed by atoms with van der Waals surface area (Å²) < 4.78 is 28.1. The zero-order valence-corrected chi connectivity index (χ0v) is 14.5. The standard InChI is InChI=1S/C12H21BrN4O2S/c1-8(2)10(7-17(3)4)16-20(18,19)11-5-9(13)6-15-12(11)14/h5-6,8,10,16H,7H2,1-4H3,(H2,14,15). The third kappa shape index (κ3) is 4.69. The summed E-state index contributed by atoms with van der Waals surface area (Å²) in [6.45, 7) is 4.55. The fraction of sp³-hybridized carbons (Fsp3) is 0.583.